The van der Waals surface area contributed by atoms with Crippen LogP contribution in [0.4, 0.5) is 0 Å². The number of aliphatic imine (C=N–C) groups is 1. The highest BCUT2D eigenvalue weighted by Gasteiger charge is 2.16. The van der Waals surface area contributed by atoms with Crippen molar-refractivity contribution < 1.29 is 14.6 Å². The number of benzene rings is 2. The van der Waals surface area contributed by atoms with E-state index in [2.05, 4.69) is 10.3 Å². The number of carbonyl (C=O) groups is 1. The number of aromatic nitrogens is 1. The fourth-order valence-electron chi connectivity index (χ4n) is 2.89. The second-order valence-electron chi connectivity index (χ2n) is 5.99. The minimum absolute atomic E-state index is 0.0769. The van der Waals surface area contributed by atoms with Crippen LogP contribution in [0.25, 0.3) is 16.5 Å². The number of likely N-dealkylation sites (N-methyl/N-ethyl adjacent to an activating group) is 1. The number of pyridine rings is 1. The molecule has 1 aromatic heterocycles. The van der Waals surface area contributed by atoms with Crippen LogP contribution >= 0.6 is 0 Å². The van der Waals surface area contributed by atoms with Crippen LogP contribution in [0.3, 0.4) is 0 Å². The predicted octanol–water partition coefficient (Wildman–Crippen LogP) is 2.26. The van der Waals surface area contributed by atoms with Crippen molar-refractivity contribution in [1.29, 1.82) is 0 Å². The molecule has 2 aromatic carbocycles. The van der Waals surface area contributed by atoms with E-state index >= 15 is 0 Å². The summed E-state index contributed by atoms with van der Waals surface area (Å²) in [5, 5.41) is 14.3. The van der Waals surface area contributed by atoms with Crippen LogP contribution < -0.4 is 15.6 Å². The zero-order valence-electron chi connectivity index (χ0n) is 15.7. The van der Waals surface area contributed by atoms with Gasteiger partial charge in [-0.3, -0.25) is 14.6 Å². The van der Waals surface area contributed by atoms with Crippen LogP contribution in [-0.2, 0) is 4.79 Å². The molecule has 1 heterocycles. The van der Waals surface area contributed by atoms with Crippen LogP contribution in [0.1, 0.15) is 12.5 Å². The van der Waals surface area contributed by atoms with Gasteiger partial charge in [-0.1, -0.05) is 18.2 Å². The molecular weight excluding hydrogens is 358 g/mol. The van der Waals surface area contributed by atoms with E-state index < -0.39 is 0 Å². The van der Waals surface area contributed by atoms with Gasteiger partial charge in [0.05, 0.1) is 17.9 Å². The van der Waals surface area contributed by atoms with E-state index in [1.165, 1.54) is 17.8 Å². The van der Waals surface area contributed by atoms with Crippen molar-refractivity contribution in [2.24, 2.45) is 4.99 Å². The first-order valence-electron chi connectivity index (χ1n) is 8.87. The summed E-state index contributed by atoms with van der Waals surface area (Å²) in [6.45, 7) is 2.34. The number of amides is 1. The van der Waals surface area contributed by atoms with Gasteiger partial charge in [-0.25, -0.2) is 4.57 Å². The van der Waals surface area contributed by atoms with E-state index in [0.29, 0.717) is 34.4 Å². The normalized spacial score (nSPS) is 11.1. The number of carbonyl (C=O) groups excluding carboxylic acids is 1. The molecule has 0 aliphatic heterocycles. The number of ether oxygens (including phenoxy) is 1. The molecule has 144 valence electrons. The molecule has 0 unspecified atom stereocenters. The Morgan fingerprint density at radius 3 is 2.50 bits per heavy atom. The lowest BCUT2D eigenvalue weighted by Crippen LogP contribution is -2.21. The smallest absolute Gasteiger partial charge is 0.265 e. The summed E-state index contributed by atoms with van der Waals surface area (Å²) in [5.41, 5.74) is 0.520. The Morgan fingerprint density at radius 1 is 1.18 bits per heavy atom. The van der Waals surface area contributed by atoms with Gasteiger partial charge < -0.3 is 15.2 Å². The molecule has 7 heteroatoms. The molecule has 28 heavy (non-hydrogen) atoms. The predicted molar refractivity (Wildman–Crippen MR) is 109 cm³/mol. The molecule has 2 N–H and O–H groups in total. The Morgan fingerprint density at radius 2 is 1.86 bits per heavy atom. The molecular formula is C21H21N3O4. The number of nitrogens with zero attached hydrogens (tertiary/aromatic N) is 2. The van der Waals surface area contributed by atoms with Gasteiger partial charge >= 0.3 is 0 Å². The number of nitrogens with one attached hydrogen (secondary N) is 1. The summed E-state index contributed by atoms with van der Waals surface area (Å²) >= 11 is 0. The van der Waals surface area contributed by atoms with Crippen LogP contribution in [0.15, 0.2) is 58.3 Å². The third kappa shape index (κ3) is 3.73. The number of hydrogen-bond donors (Lipinski definition) is 2. The van der Waals surface area contributed by atoms with Gasteiger partial charge in [0.15, 0.2) is 0 Å². The number of hydrogen-bond acceptors (Lipinski definition) is 5. The fraction of sp³-hybridized carbons (Fsp3) is 0.190. The van der Waals surface area contributed by atoms with Gasteiger partial charge in [0.1, 0.15) is 12.3 Å². The SMILES string of the molecule is CCOc1ccc(-n2c(O)c(C=NCC(=O)NC)c3ccccc3c2=O)cc1. The molecule has 0 fully saturated rings. The van der Waals surface area contributed by atoms with Crippen LogP contribution in [-0.4, -0.2) is 42.0 Å². The molecule has 3 rings (SSSR count). The number of rotatable bonds is 6. The van der Waals surface area contributed by atoms with Crippen molar-refractivity contribution in [2.45, 2.75) is 6.92 Å². The molecule has 0 saturated heterocycles. The van der Waals surface area contributed by atoms with E-state index in [1.54, 1.807) is 48.5 Å². The topological polar surface area (TPSA) is 92.9 Å². The van der Waals surface area contributed by atoms with E-state index in [1.807, 2.05) is 6.92 Å². The fourth-order valence-corrected chi connectivity index (χ4v) is 2.89. The summed E-state index contributed by atoms with van der Waals surface area (Å²) in [5.74, 6) is 0.181. The Labute approximate surface area is 161 Å². The van der Waals surface area contributed by atoms with E-state index in [0.717, 1.165) is 0 Å². The lowest BCUT2D eigenvalue weighted by atomic mass is 10.1. The highest BCUT2D eigenvalue weighted by molar-refractivity contribution is 6.02. The van der Waals surface area contributed by atoms with Crippen molar-refractivity contribution >= 4 is 22.9 Å². The van der Waals surface area contributed by atoms with Crippen LogP contribution in [0, 0.1) is 0 Å². The highest BCUT2D eigenvalue weighted by atomic mass is 16.5. The van der Waals surface area contributed by atoms with Crippen LogP contribution in [0.5, 0.6) is 11.6 Å². The van der Waals surface area contributed by atoms with Crippen LogP contribution in [0.2, 0.25) is 0 Å². The number of fused-ring (bicyclic) bond motifs is 1. The largest absolute Gasteiger partial charge is 0.494 e. The third-order valence-electron chi connectivity index (χ3n) is 4.24. The molecule has 0 atom stereocenters. The summed E-state index contributed by atoms with van der Waals surface area (Å²) in [6, 6.07) is 13.8. The molecule has 0 aliphatic rings. The lowest BCUT2D eigenvalue weighted by molar-refractivity contribution is -0.119. The van der Waals surface area contributed by atoms with E-state index in [-0.39, 0.29) is 23.9 Å². The van der Waals surface area contributed by atoms with Gasteiger partial charge in [-0.2, -0.15) is 0 Å². The Hall–Kier alpha value is -3.61. The standard InChI is InChI=1S/C21H21N3O4/c1-3-28-15-10-8-14(9-11-15)24-20(26)17-7-5-4-6-16(17)18(21(24)27)12-23-13-19(25)22-2/h4-12,27H,3,13H2,1-2H3,(H,22,25). The minimum Gasteiger partial charge on any atom is -0.494 e. The Balaban J connectivity index is 2.17. The molecule has 0 spiro atoms. The monoisotopic (exact) mass is 379 g/mol. The van der Waals surface area contributed by atoms with Crippen molar-refractivity contribution in [1.82, 2.24) is 9.88 Å². The second kappa shape index (κ2) is 8.39. The molecule has 0 bridgehead atoms. The Bertz CT molecular complexity index is 1090. The first-order chi connectivity index (χ1) is 13.6. The maximum absolute atomic E-state index is 13.0. The second-order valence-corrected chi connectivity index (χ2v) is 5.99. The first-order valence-corrected chi connectivity index (χ1v) is 8.87. The zero-order chi connectivity index (χ0) is 20.1. The molecule has 3 aromatic rings. The van der Waals surface area contributed by atoms with Gasteiger partial charge in [-0.05, 0) is 37.3 Å². The van der Waals surface area contributed by atoms with Gasteiger partial charge in [0, 0.05) is 24.0 Å². The zero-order valence-corrected chi connectivity index (χ0v) is 15.7. The van der Waals surface area contributed by atoms with Gasteiger partial charge in [0.25, 0.3) is 5.56 Å². The van der Waals surface area contributed by atoms with Crippen molar-refractivity contribution in [3.63, 3.8) is 0 Å². The van der Waals surface area contributed by atoms with Crippen molar-refractivity contribution in [2.75, 3.05) is 20.2 Å². The minimum atomic E-state index is -0.347. The summed E-state index contributed by atoms with van der Waals surface area (Å²) in [4.78, 5) is 28.5. The summed E-state index contributed by atoms with van der Waals surface area (Å²) in [6.07, 6.45) is 1.41. The van der Waals surface area contributed by atoms with Crippen molar-refractivity contribution in [3.05, 3.63) is 64.4 Å². The van der Waals surface area contributed by atoms with E-state index in [4.69, 9.17) is 4.74 Å². The molecule has 1 amide bonds. The summed E-state index contributed by atoms with van der Waals surface area (Å²) < 4.78 is 6.65. The quantitative estimate of drug-likeness (QED) is 0.643. The van der Waals surface area contributed by atoms with Gasteiger partial charge in [-0.15, -0.1) is 0 Å². The number of aromatic hydroxyl groups is 1. The maximum Gasteiger partial charge on any atom is 0.265 e. The molecule has 0 saturated carbocycles. The van der Waals surface area contributed by atoms with E-state index in [9.17, 15) is 14.7 Å². The molecule has 0 aliphatic carbocycles. The summed E-state index contributed by atoms with van der Waals surface area (Å²) in [7, 11) is 1.52. The molecule has 0 radical (unpaired) electrons. The lowest BCUT2D eigenvalue weighted by Gasteiger charge is -2.14. The first kappa shape index (κ1) is 19.2. The molecule has 7 nitrogen and oxygen atoms in total. The average molecular weight is 379 g/mol. The van der Waals surface area contributed by atoms with Gasteiger partial charge in [0.2, 0.25) is 11.8 Å². The van der Waals surface area contributed by atoms with Crippen molar-refractivity contribution in [3.8, 4) is 17.3 Å². The Kier molecular flexibility index (Phi) is 5.74. The average Bonchev–Trinajstić information content (AvgIpc) is 2.72. The third-order valence-corrected chi connectivity index (χ3v) is 4.24. The maximum atomic E-state index is 13.0. The highest BCUT2D eigenvalue weighted by Crippen LogP contribution is 2.26.